The van der Waals surface area contributed by atoms with Crippen LogP contribution in [0.15, 0.2) is 71.6 Å². The Kier molecular flexibility index (Phi) is 7.38. The monoisotopic (exact) mass is 510 g/mol. The third kappa shape index (κ3) is 5.31. The average Bonchev–Trinajstić information content (AvgIpc) is 3.11. The number of rotatable bonds is 8. The summed E-state index contributed by atoms with van der Waals surface area (Å²) in [6.45, 7) is -0.0346. The summed E-state index contributed by atoms with van der Waals surface area (Å²) in [4.78, 5) is 37.6. The Bertz CT molecular complexity index is 1340. The standard InChI is InChI=1S/C25H19ClN2O6S/c1-33-21-12-6-9-16(23(21)34-15-18-8-2-4-10-19(18)26)13-22-24(29)27(25(30)35-22)14-17-7-3-5-11-20(17)28(31)32/h2-13H,14-15H2,1H3/b22-13-. The molecule has 0 bridgehead atoms. The van der Waals surface area contributed by atoms with Crippen LogP contribution in [0.3, 0.4) is 0 Å². The molecule has 1 fully saturated rings. The number of amides is 2. The lowest BCUT2D eigenvalue weighted by Gasteiger charge is -2.14. The van der Waals surface area contributed by atoms with Crippen LogP contribution < -0.4 is 9.47 Å². The number of carbonyl (C=O) groups excluding carboxylic acids is 2. The Labute approximate surface area is 210 Å². The lowest BCUT2D eigenvalue weighted by Crippen LogP contribution is -2.27. The molecule has 0 saturated carbocycles. The molecular formula is C25H19ClN2O6S. The van der Waals surface area contributed by atoms with Crippen LogP contribution in [0.5, 0.6) is 11.5 Å². The topological polar surface area (TPSA) is 99.0 Å². The van der Waals surface area contributed by atoms with E-state index in [0.717, 1.165) is 22.2 Å². The van der Waals surface area contributed by atoms with Crippen molar-refractivity contribution in [1.29, 1.82) is 0 Å². The Morgan fingerprint density at radius 1 is 1.03 bits per heavy atom. The molecule has 0 N–H and O–H groups in total. The van der Waals surface area contributed by atoms with E-state index in [2.05, 4.69) is 0 Å². The SMILES string of the molecule is COc1cccc(/C=C2\SC(=O)N(Cc3ccccc3[N+](=O)[O-])C2=O)c1OCc1ccccc1Cl. The first kappa shape index (κ1) is 24.3. The molecular weight excluding hydrogens is 492 g/mol. The van der Waals surface area contributed by atoms with Gasteiger partial charge in [-0.05, 0) is 30.0 Å². The van der Waals surface area contributed by atoms with Crippen molar-refractivity contribution in [3.63, 3.8) is 0 Å². The lowest BCUT2D eigenvalue weighted by atomic mass is 10.1. The molecule has 2 amide bonds. The van der Waals surface area contributed by atoms with E-state index < -0.39 is 16.1 Å². The zero-order chi connectivity index (χ0) is 24.9. The summed E-state index contributed by atoms with van der Waals surface area (Å²) in [7, 11) is 1.50. The van der Waals surface area contributed by atoms with E-state index >= 15 is 0 Å². The molecule has 0 radical (unpaired) electrons. The fourth-order valence-electron chi connectivity index (χ4n) is 3.50. The smallest absolute Gasteiger partial charge is 0.293 e. The molecule has 3 aromatic rings. The molecule has 1 aliphatic rings. The molecule has 1 heterocycles. The van der Waals surface area contributed by atoms with Crippen LogP contribution in [0.2, 0.25) is 5.02 Å². The van der Waals surface area contributed by atoms with Gasteiger partial charge in [0.25, 0.3) is 16.8 Å². The number of imide groups is 1. The first-order valence-corrected chi connectivity index (χ1v) is 11.6. The number of ether oxygens (including phenoxy) is 2. The fourth-order valence-corrected chi connectivity index (χ4v) is 4.52. The first-order chi connectivity index (χ1) is 16.9. The molecule has 1 saturated heterocycles. The molecule has 0 aromatic heterocycles. The van der Waals surface area contributed by atoms with Crippen molar-refractivity contribution in [3.05, 3.63) is 103 Å². The van der Waals surface area contributed by atoms with Gasteiger partial charge in [0.15, 0.2) is 11.5 Å². The van der Waals surface area contributed by atoms with Gasteiger partial charge in [-0.25, -0.2) is 0 Å². The first-order valence-electron chi connectivity index (χ1n) is 10.4. The predicted molar refractivity (Wildman–Crippen MR) is 133 cm³/mol. The number of benzene rings is 3. The van der Waals surface area contributed by atoms with Gasteiger partial charge in [-0.2, -0.15) is 0 Å². The van der Waals surface area contributed by atoms with Crippen molar-refractivity contribution in [3.8, 4) is 11.5 Å². The van der Waals surface area contributed by atoms with Gasteiger partial charge in [0.2, 0.25) is 0 Å². The van der Waals surface area contributed by atoms with Gasteiger partial charge in [0, 0.05) is 27.8 Å². The van der Waals surface area contributed by atoms with Crippen LogP contribution in [0.4, 0.5) is 10.5 Å². The quantitative estimate of drug-likeness (QED) is 0.206. The van der Waals surface area contributed by atoms with E-state index in [1.807, 2.05) is 18.2 Å². The summed E-state index contributed by atoms with van der Waals surface area (Å²) in [6, 6.07) is 18.5. The number of nitro benzene ring substituents is 1. The van der Waals surface area contributed by atoms with E-state index in [0.29, 0.717) is 22.1 Å². The number of nitrogens with zero attached hydrogens (tertiary/aromatic N) is 2. The zero-order valence-corrected chi connectivity index (χ0v) is 20.0. The van der Waals surface area contributed by atoms with Crippen molar-refractivity contribution in [2.24, 2.45) is 0 Å². The molecule has 4 rings (SSSR count). The third-order valence-corrected chi connectivity index (χ3v) is 6.51. The van der Waals surface area contributed by atoms with E-state index in [-0.39, 0.29) is 29.3 Å². The number of carbonyl (C=O) groups is 2. The summed E-state index contributed by atoms with van der Waals surface area (Å²) >= 11 is 6.99. The van der Waals surface area contributed by atoms with E-state index in [4.69, 9.17) is 21.1 Å². The maximum absolute atomic E-state index is 13.1. The summed E-state index contributed by atoms with van der Waals surface area (Å²) in [6.07, 6.45) is 1.55. The largest absolute Gasteiger partial charge is 0.493 e. The summed E-state index contributed by atoms with van der Waals surface area (Å²) in [5.74, 6) is 0.295. The summed E-state index contributed by atoms with van der Waals surface area (Å²) in [5, 5.41) is 11.4. The number of methoxy groups -OCH3 is 1. The fraction of sp³-hybridized carbons (Fsp3) is 0.120. The van der Waals surface area contributed by atoms with Crippen molar-refractivity contribution >= 4 is 46.3 Å². The second-order valence-corrected chi connectivity index (χ2v) is 8.81. The minimum absolute atomic E-state index is 0.154. The highest BCUT2D eigenvalue weighted by molar-refractivity contribution is 8.18. The molecule has 0 aliphatic carbocycles. The lowest BCUT2D eigenvalue weighted by molar-refractivity contribution is -0.385. The minimum Gasteiger partial charge on any atom is -0.493 e. The van der Waals surface area contributed by atoms with E-state index in [9.17, 15) is 19.7 Å². The van der Waals surface area contributed by atoms with Crippen LogP contribution >= 0.6 is 23.4 Å². The van der Waals surface area contributed by atoms with Gasteiger partial charge in [-0.1, -0.05) is 60.1 Å². The minimum atomic E-state index is -0.543. The van der Waals surface area contributed by atoms with Crippen LogP contribution in [0, 0.1) is 10.1 Å². The molecule has 35 heavy (non-hydrogen) atoms. The second-order valence-electron chi connectivity index (χ2n) is 7.41. The maximum atomic E-state index is 13.1. The molecule has 3 aromatic carbocycles. The summed E-state index contributed by atoms with van der Waals surface area (Å²) < 4.78 is 11.4. The van der Waals surface area contributed by atoms with E-state index in [1.54, 1.807) is 36.4 Å². The van der Waals surface area contributed by atoms with Crippen molar-refractivity contribution < 1.29 is 24.0 Å². The van der Waals surface area contributed by atoms with Crippen molar-refractivity contribution in [1.82, 2.24) is 4.90 Å². The number of hydrogen-bond acceptors (Lipinski definition) is 7. The second kappa shape index (κ2) is 10.6. The van der Waals surface area contributed by atoms with Gasteiger partial charge < -0.3 is 9.47 Å². The Morgan fingerprint density at radius 3 is 2.46 bits per heavy atom. The number of hydrogen-bond donors (Lipinski definition) is 0. The van der Waals surface area contributed by atoms with Gasteiger partial charge in [-0.15, -0.1) is 0 Å². The van der Waals surface area contributed by atoms with Gasteiger partial charge >= 0.3 is 0 Å². The number of thioether (sulfide) groups is 1. The van der Waals surface area contributed by atoms with E-state index in [1.165, 1.54) is 25.3 Å². The van der Waals surface area contributed by atoms with Crippen molar-refractivity contribution in [2.75, 3.05) is 7.11 Å². The highest BCUT2D eigenvalue weighted by Crippen LogP contribution is 2.39. The summed E-state index contributed by atoms with van der Waals surface area (Å²) in [5.41, 5.74) is 1.42. The number of para-hydroxylation sites is 2. The van der Waals surface area contributed by atoms with Crippen LogP contribution in [0.25, 0.3) is 6.08 Å². The maximum Gasteiger partial charge on any atom is 0.293 e. The highest BCUT2D eigenvalue weighted by Gasteiger charge is 2.36. The number of halogens is 1. The molecule has 1 aliphatic heterocycles. The molecule has 10 heteroatoms. The Morgan fingerprint density at radius 2 is 1.74 bits per heavy atom. The van der Waals surface area contributed by atoms with Crippen LogP contribution in [-0.4, -0.2) is 28.1 Å². The normalized spacial score (nSPS) is 14.5. The van der Waals surface area contributed by atoms with Gasteiger partial charge in [0.1, 0.15) is 6.61 Å². The average molecular weight is 511 g/mol. The van der Waals surface area contributed by atoms with Crippen LogP contribution in [0.1, 0.15) is 16.7 Å². The Balaban J connectivity index is 1.61. The highest BCUT2D eigenvalue weighted by atomic mass is 35.5. The predicted octanol–water partition coefficient (Wildman–Crippen LogP) is 6.07. The van der Waals surface area contributed by atoms with Crippen molar-refractivity contribution in [2.45, 2.75) is 13.2 Å². The molecule has 0 spiro atoms. The number of nitro groups is 1. The molecule has 0 atom stereocenters. The van der Waals surface area contributed by atoms with Crippen LogP contribution in [-0.2, 0) is 17.9 Å². The molecule has 8 nitrogen and oxygen atoms in total. The molecule has 178 valence electrons. The zero-order valence-electron chi connectivity index (χ0n) is 18.5. The Hall–Kier alpha value is -3.82. The van der Waals surface area contributed by atoms with Gasteiger partial charge in [0.05, 0.1) is 23.5 Å². The molecule has 0 unspecified atom stereocenters. The van der Waals surface area contributed by atoms with Gasteiger partial charge in [-0.3, -0.25) is 24.6 Å². The third-order valence-electron chi connectivity index (χ3n) is 5.24.